The standard InChI is InChI=1S/C9H10FNOS/c10-7-2-1-3-8-9(7)6(4-12-11)5-13-8/h1-3,6H,4-5,11H2. The van der Waals surface area contributed by atoms with Gasteiger partial charge in [0, 0.05) is 22.1 Å². The minimum Gasteiger partial charge on any atom is -0.304 e. The minimum atomic E-state index is -0.149. The summed E-state index contributed by atoms with van der Waals surface area (Å²) in [6.07, 6.45) is 0. The molecular formula is C9H10FNOS. The van der Waals surface area contributed by atoms with Crippen molar-refractivity contribution in [2.75, 3.05) is 12.4 Å². The first-order chi connectivity index (χ1) is 6.33. The second-order valence-corrected chi connectivity index (χ2v) is 4.05. The van der Waals surface area contributed by atoms with E-state index in [0.717, 1.165) is 16.2 Å². The fraction of sp³-hybridized carbons (Fsp3) is 0.333. The Bertz CT molecular complexity index is 316. The van der Waals surface area contributed by atoms with Crippen LogP contribution in [0, 0.1) is 5.82 Å². The van der Waals surface area contributed by atoms with Crippen LogP contribution in [-0.2, 0) is 4.84 Å². The summed E-state index contributed by atoms with van der Waals surface area (Å²) in [5.74, 6) is 5.79. The highest BCUT2D eigenvalue weighted by molar-refractivity contribution is 7.99. The lowest BCUT2D eigenvalue weighted by Gasteiger charge is -2.08. The maximum atomic E-state index is 13.4. The first kappa shape index (κ1) is 8.99. The van der Waals surface area contributed by atoms with E-state index in [9.17, 15) is 4.39 Å². The maximum absolute atomic E-state index is 13.4. The summed E-state index contributed by atoms with van der Waals surface area (Å²) in [6.45, 7) is 0.390. The van der Waals surface area contributed by atoms with Gasteiger partial charge in [0.1, 0.15) is 5.82 Å². The van der Waals surface area contributed by atoms with Crippen molar-refractivity contribution in [2.24, 2.45) is 5.90 Å². The number of fused-ring (bicyclic) bond motifs is 1. The topological polar surface area (TPSA) is 35.2 Å². The normalized spacial score (nSPS) is 20.3. The first-order valence-electron chi connectivity index (χ1n) is 4.06. The highest BCUT2D eigenvalue weighted by atomic mass is 32.2. The van der Waals surface area contributed by atoms with Gasteiger partial charge in [0.15, 0.2) is 0 Å². The Morgan fingerprint density at radius 3 is 3.23 bits per heavy atom. The smallest absolute Gasteiger partial charge is 0.127 e. The summed E-state index contributed by atoms with van der Waals surface area (Å²) in [5.41, 5.74) is 0.762. The molecule has 1 aromatic rings. The molecule has 2 rings (SSSR count). The Balaban J connectivity index is 2.34. The monoisotopic (exact) mass is 199 g/mol. The molecule has 1 aliphatic heterocycles. The van der Waals surface area contributed by atoms with Crippen LogP contribution < -0.4 is 5.90 Å². The molecule has 1 heterocycles. The predicted octanol–water partition coefficient (Wildman–Crippen LogP) is 1.91. The summed E-state index contributed by atoms with van der Waals surface area (Å²) in [7, 11) is 0. The van der Waals surface area contributed by atoms with Crippen molar-refractivity contribution in [1.82, 2.24) is 0 Å². The van der Waals surface area contributed by atoms with Crippen molar-refractivity contribution in [3.63, 3.8) is 0 Å². The number of benzene rings is 1. The van der Waals surface area contributed by atoms with Gasteiger partial charge < -0.3 is 4.84 Å². The molecule has 1 aliphatic rings. The van der Waals surface area contributed by atoms with Crippen molar-refractivity contribution >= 4 is 11.8 Å². The van der Waals surface area contributed by atoms with Crippen LogP contribution >= 0.6 is 11.8 Å². The highest BCUT2D eigenvalue weighted by Gasteiger charge is 2.26. The summed E-state index contributed by atoms with van der Waals surface area (Å²) < 4.78 is 13.4. The van der Waals surface area contributed by atoms with Gasteiger partial charge in [-0.25, -0.2) is 10.3 Å². The zero-order valence-corrected chi connectivity index (χ0v) is 7.81. The van der Waals surface area contributed by atoms with Gasteiger partial charge in [-0.05, 0) is 12.1 Å². The summed E-state index contributed by atoms with van der Waals surface area (Å²) >= 11 is 1.65. The van der Waals surface area contributed by atoms with E-state index in [-0.39, 0.29) is 11.7 Å². The zero-order valence-electron chi connectivity index (χ0n) is 7.00. The fourth-order valence-electron chi connectivity index (χ4n) is 1.56. The van der Waals surface area contributed by atoms with Crippen molar-refractivity contribution in [3.8, 4) is 0 Å². The van der Waals surface area contributed by atoms with Crippen molar-refractivity contribution in [2.45, 2.75) is 10.8 Å². The van der Waals surface area contributed by atoms with Crippen LogP contribution in [-0.4, -0.2) is 12.4 Å². The van der Waals surface area contributed by atoms with E-state index >= 15 is 0 Å². The quantitative estimate of drug-likeness (QED) is 0.739. The van der Waals surface area contributed by atoms with Gasteiger partial charge in [0.05, 0.1) is 6.61 Å². The number of hydrogen-bond donors (Lipinski definition) is 1. The minimum absolute atomic E-state index is 0.103. The van der Waals surface area contributed by atoms with Crippen LogP contribution in [0.25, 0.3) is 0 Å². The summed E-state index contributed by atoms with van der Waals surface area (Å²) in [5, 5.41) is 0. The van der Waals surface area contributed by atoms with Gasteiger partial charge in [-0.3, -0.25) is 0 Å². The Morgan fingerprint density at radius 1 is 1.62 bits per heavy atom. The van der Waals surface area contributed by atoms with E-state index in [1.165, 1.54) is 6.07 Å². The molecule has 2 nitrogen and oxygen atoms in total. The Labute approximate surface area is 80.2 Å². The van der Waals surface area contributed by atoms with E-state index in [2.05, 4.69) is 4.84 Å². The number of halogens is 1. The number of thioether (sulfide) groups is 1. The Hall–Kier alpha value is -0.580. The van der Waals surface area contributed by atoms with Crippen LogP contribution in [0.2, 0.25) is 0 Å². The maximum Gasteiger partial charge on any atom is 0.127 e. The molecule has 4 heteroatoms. The van der Waals surface area contributed by atoms with E-state index in [1.54, 1.807) is 17.8 Å². The lowest BCUT2D eigenvalue weighted by atomic mass is 10.0. The molecule has 0 saturated heterocycles. The molecule has 0 aromatic heterocycles. The van der Waals surface area contributed by atoms with Gasteiger partial charge in [-0.2, -0.15) is 0 Å². The largest absolute Gasteiger partial charge is 0.304 e. The van der Waals surface area contributed by atoms with Gasteiger partial charge in [0.2, 0.25) is 0 Å². The average Bonchev–Trinajstić information content (AvgIpc) is 2.51. The summed E-state index contributed by atoms with van der Waals surface area (Å²) in [4.78, 5) is 5.57. The van der Waals surface area contributed by atoms with Crippen molar-refractivity contribution in [3.05, 3.63) is 29.6 Å². The predicted molar refractivity (Wildman–Crippen MR) is 50.0 cm³/mol. The number of rotatable bonds is 2. The van der Waals surface area contributed by atoms with Crippen molar-refractivity contribution in [1.29, 1.82) is 0 Å². The van der Waals surface area contributed by atoms with Crippen LogP contribution in [0.3, 0.4) is 0 Å². The molecule has 0 radical (unpaired) electrons. The molecule has 1 aromatic carbocycles. The molecular weight excluding hydrogens is 189 g/mol. The molecule has 2 N–H and O–H groups in total. The van der Waals surface area contributed by atoms with Gasteiger partial charge in [0.25, 0.3) is 0 Å². The van der Waals surface area contributed by atoms with Gasteiger partial charge >= 0.3 is 0 Å². The van der Waals surface area contributed by atoms with E-state index in [1.807, 2.05) is 6.07 Å². The molecule has 13 heavy (non-hydrogen) atoms. The second-order valence-electron chi connectivity index (χ2n) is 2.99. The molecule has 0 fully saturated rings. The SMILES string of the molecule is NOCC1CSc2cccc(F)c21. The van der Waals surface area contributed by atoms with Gasteiger partial charge in [-0.15, -0.1) is 11.8 Å². The first-order valence-corrected chi connectivity index (χ1v) is 5.04. The third-order valence-corrected chi connectivity index (χ3v) is 3.39. The molecule has 0 aliphatic carbocycles. The fourth-order valence-corrected chi connectivity index (χ4v) is 2.80. The third-order valence-electron chi connectivity index (χ3n) is 2.16. The molecule has 70 valence electrons. The Kier molecular flexibility index (Phi) is 2.53. The lowest BCUT2D eigenvalue weighted by Crippen LogP contribution is -2.11. The number of hydrogen-bond acceptors (Lipinski definition) is 3. The molecule has 0 amide bonds. The second kappa shape index (κ2) is 3.65. The average molecular weight is 199 g/mol. The van der Waals surface area contributed by atoms with Crippen molar-refractivity contribution < 1.29 is 9.23 Å². The molecule has 0 spiro atoms. The molecule has 1 unspecified atom stereocenters. The highest BCUT2D eigenvalue weighted by Crippen LogP contribution is 2.40. The van der Waals surface area contributed by atoms with Crippen LogP contribution in [0.5, 0.6) is 0 Å². The molecule has 0 bridgehead atoms. The van der Waals surface area contributed by atoms with E-state index in [4.69, 9.17) is 5.90 Å². The Morgan fingerprint density at radius 2 is 2.46 bits per heavy atom. The van der Waals surface area contributed by atoms with E-state index in [0.29, 0.717) is 6.61 Å². The van der Waals surface area contributed by atoms with Crippen LogP contribution in [0.15, 0.2) is 23.1 Å². The van der Waals surface area contributed by atoms with Crippen LogP contribution in [0.4, 0.5) is 4.39 Å². The number of nitrogens with two attached hydrogens (primary N) is 1. The molecule has 0 saturated carbocycles. The summed E-state index contributed by atoms with van der Waals surface area (Å²) in [6, 6.07) is 5.14. The van der Waals surface area contributed by atoms with Crippen LogP contribution in [0.1, 0.15) is 11.5 Å². The zero-order chi connectivity index (χ0) is 9.26. The molecule has 1 atom stereocenters. The van der Waals surface area contributed by atoms with Gasteiger partial charge in [-0.1, -0.05) is 6.07 Å². The third kappa shape index (κ3) is 1.57. The lowest BCUT2D eigenvalue weighted by molar-refractivity contribution is 0.127. The van der Waals surface area contributed by atoms with E-state index < -0.39 is 0 Å².